The molecule has 0 atom stereocenters. The lowest BCUT2D eigenvalue weighted by atomic mass is 10.1. The molecular formula is C21H18N8O5S. The number of nitrogens with two attached hydrogens (primary N) is 2. The van der Waals surface area contributed by atoms with Crippen molar-refractivity contribution in [2.45, 2.75) is 4.90 Å². The molecule has 0 aliphatic carbocycles. The van der Waals surface area contributed by atoms with Crippen LogP contribution in [0.15, 0.2) is 71.8 Å². The highest BCUT2D eigenvalue weighted by atomic mass is 32.2. The third kappa shape index (κ3) is 5.40. The van der Waals surface area contributed by atoms with Gasteiger partial charge in [-0.25, -0.2) is 28.1 Å². The molecule has 0 saturated carbocycles. The number of nitrogens with zero attached hydrogens (tertiary/aromatic N) is 4. The fourth-order valence-corrected chi connectivity index (χ4v) is 3.55. The Morgan fingerprint density at radius 1 is 0.943 bits per heavy atom. The normalized spacial score (nSPS) is 11.1. The van der Waals surface area contributed by atoms with Gasteiger partial charge in [-0.3, -0.25) is 0 Å². The highest BCUT2D eigenvalue weighted by Crippen LogP contribution is 2.22. The van der Waals surface area contributed by atoms with Gasteiger partial charge in [-0.15, -0.1) is 9.78 Å². The molecule has 13 nitrogen and oxygen atoms in total. The standard InChI is InChI=1S/C21H18N8O5S/c22-19-27-20(25-14-5-7-16(8-6-14)35(23,33)34)28-29(19)21(32)26-15-3-1-12(2-4-15)13-9-10-24-17(11-13)18(30)31/h1-11H,(H,26,32)(H,30,31)(H2,23,33,34)(H3,22,25,27,28). The molecule has 1 amide bonds. The van der Waals surface area contributed by atoms with Crippen LogP contribution < -0.4 is 21.5 Å². The van der Waals surface area contributed by atoms with Gasteiger partial charge in [0.25, 0.3) is 0 Å². The zero-order chi connectivity index (χ0) is 25.2. The third-order valence-electron chi connectivity index (χ3n) is 4.71. The largest absolute Gasteiger partial charge is 0.477 e. The van der Waals surface area contributed by atoms with E-state index in [4.69, 9.17) is 16.0 Å². The number of benzene rings is 2. The Morgan fingerprint density at radius 2 is 1.60 bits per heavy atom. The highest BCUT2D eigenvalue weighted by molar-refractivity contribution is 7.89. The Hall–Kier alpha value is -4.82. The van der Waals surface area contributed by atoms with Crippen LogP contribution in [0, 0.1) is 0 Å². The Morgan fingerprint density at radius 3 is 2.23 bits per heavy atom. The van der Waals surface area contributed by atoms with Crippen molar-refractivity contribution in [2.24, 2.45) is 5.14 Å². The molecule has 2 aromatic carbocycles. The lowest BCUT2D eigenvalue weighted by molar-refractivity contribution is 0.0690. The van der Waals surface area contributed by atoms with Crippen LogP contribution in [0.2, 0.25) is 0 Å². The van der Waals surface area contributed by atoms with Crippen LogP contribution in [0.3, 0.4) is 0 Å². The first-order valence-electron chi connectivity index (χ1n) is 9.84. The summed E-state index contributed by atoms with van der Waals surface area (Å²) in [5, 5.41) is 23.6. The average molecular weight is 494 g/mol. The van der Waals surface area contributed by atoms with Crippen LogP contribution >= 0.6 is 0 Å². The number of pyridine rings is 1. The number of nitrogen functional groups attached to an aromatic ring is 1. The summed E-state index contributed by atoms with van der Waals surface area (Å²) in [5.74, 6) is -1.29. The molecule has 14 heteroatoms. The summed E-state index contributed by atoms with van der Waals surface area (Å²) < 4.78 is 23.6. The van der Waals surface area contributed by atoms with Crippen molar-refractivity contribution in [1.29, 1.82) is 0 Å². The summed E-state index contributed by atoms with van der Waals surface area (Å²) >= 11 is 0. The molecule has 0 aliphatic rings. The van der Waals surface area contributed by atoms with E-state index in [0.717, 1.165) is 10.2 Å². The second kappa shape index (κ2) is 9.20. The molecule has 2 aromatic heterocycles. The van der Waals surface area contributed by atoms with Crippen molar-refractivity contribution in [3.63, 3.8) is 0 Å². The number of aromatic nitrogens is 4. The molecule has 0 unspecified atom stereocenters. The Balaban J connectivity index is 1.45. The first kappa shape index (κ1) is 23.3. The van der Waals surface area contributed by atoms with Crippen molar-refractivity contribution < 1.29 is 23.1 Å². The van der Waals surface area contributed by atoms with Crippen molar-refractivity contribution in [1.82, 2.24) is 19.7 Å². The summed E-state index contributed by atoms with van der Waals surface area (Å²) in [4.78, 5) is 31.4. The molecule has 7 N–H and O–H groups in total. The molecule has 178 valence electrons. The number of carboxylic acid groups (broad SMARTS) is 1. The minimum absolute atomic E-state index is 0.0169. The predicted molar refractivity (Wildman–Crippen MR) is 127 cm³/mol. The minimum atomic E-state index is -3.82. The number of carbonyl (C=O) groups excluding carboxylic acids is 1. The van der Waals surface area contributed by atoms with Crippen LogP contribution in [0.5, 0.6) is 0 Å². The quantitative estimate of drug-likeness (QED) is 0.263. The molecule has 4 rings (SSSR count). The molecule has 2 heterocycles. The molecule has 4 aromatic rings. The highest BCUT2D eigenvalue weighted by Gasteiger charge is 2.15. The Bertz CT molecular complexity index is 1520. The van der Waals surface area contributed by atoms with Crippen LogP contribution in [-0.2, 0) is 10.0 Å². The lowest BCUT2D eigenvalue weighted by Gasteiger charge is -2.07. The van der Waals surface area contributed by atoms with Gasteiger partial charge in [0.05, 0.1) is 4.90 Å². The number of amides is 1. The zero-order valence-electron chi connectivity index (χ0n) is 17.8. The maximum absolute atomic E-state index is 12.6. The van der Waals surface area contributed by atoms with E-state index in [1.165, 1.54) is 36.5 Å². The zero-order valence-corrected chi connectivity index (χ0v) is 18.6. The van der Waals surface area contributed by atoms with E-state index in [1.54, 1.807) is 30.3 Å². The molecule has 35 heavy (non-hydrogen) atoms. The van der Waals surface area contributed by atoms with E-state index in [1.807, 2.05) is 0 Å². The smallest absolute Gasteiger partial charge is 0.354 e. The molecular weight excluding hydrogens is 476 g/mol. The monoisotopic (exact) mass is 494 g/mol. The van der Waals surface area contributed by atoms with Gasteiger partial charge in [0.1, 0.15) is 5.69 Å². The number of hydrogen-bond donors (Lipinski definition) is 5. The predicted octanol–water partition coefficient (Wildman–Crippen LogP) is 2.09. The molecule has 0 spiro atoms. The van der Waals surface area contributed by atoms with Crippen LogP contribution in [0.4, 0.5) is 28.1 Å². The van der Waals surface area contributed by atoms with E-state index in [-0.39, 0.29) is 22.5 Å². The molecule has 0 bridgehead atoms. The Kier molecular flexibility index (Phi) is 6.14. The van der Waals surface area contributed by atoms with Crippen molar-refractivity contribution in [3.05, 3.63) is 72.6 Å². The van der Waals surface area contributed by atoms with Gasteiger partial charge in [0, 0.05) is 17.6 Å². The fourth-order valence-electron chi connectivity index (χ4n) is 3.03. The summed E-state index contributed by atoms with van der Waals surface area (Å²) in [6.07, 6.45) is 1.40. The van der Waals surface area contributed by atoms with E-state index in [2.05, 4.69) is 25.7 Å². The molecule has 0 radical (unpaired) electrons. The topological polar surface area (TPSA) is 208 Å². The lowest BCUT2D eigenvalue weighted by Crippen LogP contribution is -2.22. The van der Waals surface area contributed by atoms with Crippen LogP contribution in [0.1, 0.15) is 10.5 Å². The van der Waals surface area contributed by atoms with Gasteiger partial charge in [0.15, 0.2) is 0 Å². The summed E-state index contributed by atoms with van der Waals surface area (Å²) in [6.45, 7) is 0. The molecule has 0 fully saturated rings. The first-order valence-corrected chi connectivity index (χ1v) is 11.4. The average Bonchev–Trinajstić information content (AvgIpc) is 3.19. The van der Waals surface area contributed by atoms with E-state index >= 15 is 0 Å². The number of hydrogen-bond acceptors (Lipinski definition) is 9. The maximum atomic E-state index is 12.6. The number of rotatable bonds is 6. The number of carbonyl (C=O) groups is 2. The maximum Gasteiger partial charge on any atom is 0.354 e. The third-order valence-corrected chi connectivity index (χ3v) is 5.64. The van der Waals surface area contributed by atoms with E-state index in [0.29, 0.717) is 16.9 Å². The molecule has 0 aliphatic heterocycles. The number of anilines is 4. The summed E-state index contributed by atoms with van der Waals surface area (Å²) in [6, 6.07) is 14.7. The van der Waals surface area contributed by atoms with Gasteiger partial charge in [-0.2, -0.15) is 4.98 Å². The fraction of sp³-hybridized carbons (Fsp3) is 0. The Labute approximate surface area is 198 Å². The van der Waals surface area contributed by atoms with Crippen molar-refractivity contribution in [3.8, 4) is 11.1 Å². The van der Waals surface area contributed by atoms with Crippen LogP contribution in [-0.4, -0.2) is 45.3 Å². The van der Waals surface area contributed by atoms with Gasteiger partial charge in [-0.1, -0.05) is 12.1 Å². The second-order valence-corrected chi connectivity index (χ2v) is 8.70. The van der Waals surface area contributed by atoms with Gasteiger partial charge < -0.3 is 21.5 Å². The number of sulfonamides is 1. The van der Waals surface area contributed by atoms with Crippen molar-refractivity contribution >= 4 is 45.3 Å². The molecule has 0 saturated heterocycles. The number of primary sulfonamides is 1. The van der Waals surface area contributed by atoms with E-state index in [9.17, 15) is 18.0 Å². The first-order chi connectivity index (χ1) is 16.6. The SMILES string of the molecule is Nc1nc(Nc2ccc(S(N)(=O)=O)cc2)nn1C(=O)Nc1ccc(-c2ccnc(C(=O)O)c2)cc1. The van der Waals surface area contributed by atoms with Gasteiger partial charge in [-0.05, 0) is 59.7 Å². The number of nitrogens with one attached hydrogen (secondary N) is 2. The van der Waals surface area contributed by atoms with Crippen molar-refractivity contribution in [2.75, 3.05) is 16.4 Å². The van der Waals surface area contributed by atoms with Gasteiger partial charge >= 0.3 is 12.0 Å². The summed E-state index contributed by atoms with van der Waals surface area (Å²) in [5.41, 5.74) is 8.01. The van der Waals surface area contributed by atoms with Gasteiger partial charge in [0.2, 0.25) is 21.9 Å². The summed E-state index contributed by atoms with van der Waals surface area (Å²) in [7, 11) is -3.82. The minimum Gasteiger partial charge on any atom is -0.477 e. The number of aromatic carboxylic acids is 1. The second-order valence-electron chi connectivity index (χ2n) is 7.14. The number of carboxylic acids is 1. The van der Waals surface area contributed by atoms with E-state index < -0.39 is 22.0 Å². The van der Waals surface area contributed by atoms with Crippen LogP contribution in [0.25, 0.3) is 11.1 Å².